The highest BCUT2D eigenvalue weighted by molar-refractivity contribution is 7.89. The average Bonchev–Trinajstić information content (AvgIpc) is 2.91. The Morgan fingerprint density at radius 3 is 2.70 bits per heavy atom. The minimum atomic E-state index is -3.41. The standard InChI is InChI=1S/C14H18N2O3S/c1-11(9-13-6-4-8-19-13)16-12-5-3-7-14(10-12)20(17,18)15-2/h3-8,10-11,15-16H,9H2,1-2H3. The van der Waals surface area contributed by atoms with E-state index >= 15 is 0 Å². The Morgan fingerprint density at radius 1 is 1.25 bits per heavy atom. The smallest absolute Gasteiger partial charge is 0.240 e. The van der Waals surface area contributed by atoms with Crippen molar-refractivity contribution < 1.29 is 12.8 Å². The van der Waals surface area contributed by atoms with E-state index in [2.05, 4.69) is 10.0 Å². The molecule has 0 aliphatic carbocycles. The third-order valence-electron chi connectivity index (χ3n) is 2.91. The lowest BCUT2D eigenvalue weighted by molar-refractivity contribution is 0.498. The summed E-state index contributed by atoms with van der Waals surface area (Å²) in [4.78, 5) is 0.246. The van der Waals surface area contributed by atoms with Gasteiger partial charge in [0.25, 0.3) is 0 Å². The van der Waals surface area contributed by atoms with Crippen LogP contribution in [0.4, 0.5) is 5.69 Å². The zero-order valence-corrected chi connectivity index (χ0v) is 12.3. The highest BCUT2D eigenvalue weighted by atomic mass is 32.2. The third-order valence-corrected chi connectivity index (χ3v) is 4.33. The number of hydrogen-bond acceptors (Lipinski definition) is 4. The van der Waals surface area contributed by atoms with Crippen molar-refractivity contribution in [1.29, 1.82) is 0 Å². The summed E-state index contributed by atoms with van der Waals surface area (Å²) in [6.45, 7) is 2.02. The van der Waals surface area contributed by atoms with Crippen LogP contribution in [0.2, 0.25) is 0 Å². The first kappa shape index (κ1) is 14.6. The van der Waals surface area contributed by atoms with Gasteiger partial charge in [0.15, 0.2) is 0 Å². The van der Waals surface area contributed by atoms with Crippen LogP contribution in [0.5, 0.6) is 0 Å². The van der Waals surface area contributed by atoms with Gasteiger partial charge in [0.2, 0.25) is 10.0 Å². The van der Waals surface area contributed by atoms with Crippen molar-refractivity contribution in [3.63, 3.8) is 0 Å². The second kappa shape index (κ2) is 6.11. The Bertz CT molecular complexity index is 651. The Labute approximate surface area is 119 Å². The molecule has 2 aromatic rings. The van der Waals surface area contributed by atoms with Gasteiger partial charge in [-0.2, -0.15) is 0 Å². The van der Waals surface area contributed by atoms with E-state index in [0.29, 0.717) is 0 Å². The second-order valence-corrected chi connectivity index (χ2v) is 6.45. The van der Waals surface area contributed by atoms with Crippen LogP contribution in [0.1, 0.15) is 12.7 Å². The van der Waals surface area contributed by atoms with Gasteiger partial charge in [-0.05, 0) is 44.3 Å². The zero-order chi connectivity index (χ0) is 14.6. The van der Waals surface area contributed by atoms with Crippen molar-refractivity contribution in [3.05, 3.63) is 48.4 Å². The first-order valence-corrected chi connectivity index (χ1v) is 7.82. The molecule has 1 atom stereocenters. The molecule has 20 heavy (non-hydrogen) atoms. The summed E-state index contributed by atoms with van der Waals surface area (Å²) in [7, 11) is -2.02. The maximum atomic E-state index is 11.7. The Kier molecular flexibility index (Phi) is 4.46. The van der Waals surface area contributed by atoms with E-state index < -0.39 is 10.0 Å². The number of hydrogen-bond donors (Lipinski definition) is 2. The fourth-order valence-corrected chi connectivity index (χ4v) is 2.71. The molecule has 2 N–H and O–H groups in total. The highest BCUT2D eigenvalue weighted by Crippen LogP contribution is 2.17. The summed E-state index contributed by atoms with van der Waals surface area (Å²) in [5.41, 5.74) is 0.764. The molecule has 0 saturated heterocycles. The van der Waals surface area contributed by atoms with Gasteiger partial charge in [-0.3, -0.25) is 0 Å². The maximum absolute atomic E-state index is 11.7. The molecule has 0 radical (unpaired) electrons. The molecule has 1 unspecified atom stereocenters. The minimum absolute atomic E-state index is 0.133. The molecule has 0 saturated carbocycles. The maximum Gasteiger partial charge on any atom is 0.240 e. The van der Waals surface area contributed by atoms with Gasteiger partial charge in [-0.25, -0.2) is 13.1 Å². The fourth-order valence-electron chi connectivity index (χ4n) is 1.94. The van der Waals surface area contributed by atoms with E-state index in [0.717, 1.165) is 17.9 Å². The quantitative estimate of drug-likeness (QED) is 0.857. The largest absolute Gasteiger partial charge is 0.469 e. The fraction of sp³-hybridized carbons (Fsp3) is 0.286. The number of benzene rings is 1. The summed E-state index contributed by atoms with van der Waals surface area (Å²) in [5.74, 6) is 0.893. The number of nitrogens with one attached hydrogen (secondary N) is 2. The molecule has 0 amide bonds. The van der Waals surface area contributed by atoms with Gasteiger partial charge < -0.3 is 9.73 Å². The van der Waals surface area contributed by atoms with Gasteiger partial charge in [0.05, 0.1) is 11.2 Å². The zero-order valence-electron chi connectivity index (χ0n) is 11.5. The van der Waals surface area contributed by atoms with Crippen LogP contribution in [-0.2, 0) is 16.4 Å². The average molecular weight is 294 g/mol. The van der Waals surface area contributed by atoms with Crippen molar-refractivity contribution in [1.82, 2.24) is 4.72 Å². The van der Waals surface area contributed by atoms with Crippen LogP contribution in [0.25, 0.3) is 0 Å². The van der Waals surface area contributed by atoms with Crippen LogP contribution in [0, 0.1) is 0 Å². The predicted octanol–water partition coefficient (Wildman–Crippen LogP) is 2.23. The number of sulfonamides is 1. The lowest BCUT2D eigenvalue weighted by Crippen LogP contribution is -2.20. The van der Waals surface area contributed by atoms with Crippen LogP contribution >= 0.6 is 0 Å². The van der Waals surface area contributed by atoms with Gasteiger partial charge in [-0.15, -0.1) is 0 Å². The summed E-state index contributed by atoms with van der Waals surface area (Å²) in [6.07, 6.45) is 2.37. The second-order valence-electron chi connectivity index (χ2n) is 4.56. The van der Waals surface area contributed by atoms with E-state index in [9.17, 15) is 8.42 Å². The number of furan rings is 1. The van der Waals surface area contributed by atoms with Gasteiger partial charge in [0, 0.05) is 18.2 Å². The molecule has 1 heterocycles. The SMILES string of the molecule is CNS(=O)(=O)c1cccc(NC(C)Cc2ccco2)c1. The van der Waals surface area contributed by atoms with Crippen LogP contribution in [-0.4, -0.2) is 21.5 Å². The first-order chi connectivity index (χ1) is 9.51. The van der Waals surface area contributed by atoms with E-state index in [-0.39, 0.29) is 10.9 Å². The summed E-state index contributed by atoms with van der Waals surface area (Å²) >= 11 is 0. The van der Waals surface area contributed by atoms with Gasteiger partial charge >= 0.3 is 0 Å². The topological polar surface area (TPSA) is 71.3 Å². The van der Waals surface area contributed by atoms with Crippen molar-refractivity contribution in [2.24, 2.45) is 0 Å². The number of rotatable bonds is 6. The molecule has 0 aliphatic rings. The minimum Gasteiger partial charge on any atom is -0.469 e. The molecule has 1 aromatic carbocycles. The molecule has 2 rings (SSSR count). The molecule has 5 nitrogen and oxygen atoms in total. The summed E-state index contributed by atoms with van der Waals surface area (Å²) < 4.78 is 31.1. The predicted molar refractivity (Wildman–Crippen MR) is 78.2 cm³/mol. The Morgan fingerprint density at radius 2 is 2.05 bits per heavy atom. The van der Waals surface area contributed by atoms with Crippen molar-refractivity contribution in [2.75, 3.05) is 12.4 Å². The van der Waals surface area contributed by atoms with Crippen LogP contribution < -0.4 is 10.0 Å². The van der Waals surface area contributed by atoms with E-state index in [1.54, 1.807) is 24.5 Å². The molecule has 0 spiro atoms. The lowest BCUT2D eigenvalue weighted by Gasteiger charge is -2.14. The van der Waals surface area contributed by atoms with E-state index in [1.807, 2.05) is 25.1 Å². The van der Waals surface area contributed by atoms with Gasteiger partial charge in [-0.1, -0.05) is 6.07 Å². The molecule has 0 aliphatic heterocycles. The molecule has 1 aromatic heterocycles. The molecule has 0 bridgehead atoms. The summed E-state index contributed by atoms with van der Waals surface area (Å²) in [6, 6.07) is 10.6. The Hall–Kier alpha value is -1.79. The van der Waals surface area contributed by atoms with Crippen LogP contribution in [0.15, 0.2) is 52.0 Å². The van der Waals surface area contributed by atoms with Gasteiger partial charge in [0.1, 0.15) is 5.76 Å². The van der Waals surface area contributed by atoms with Crippen molar-refractivity contribution in [3.8, 4) is 0 Å². The molecular weight excluding hydrogens is 276 g/mol. The van der Waals surface area contributed by atoms with Crippen molar-refractivity contribution >= 4 is 15.7 Å². The Balaban J connectivity index is 2.08. The van der Waals surface area contributed by atoms with E-state index in [4.69, 9.17) is 4.42 Å². The van der Waals surface area contributed by atoms with E-state index in [1.165, 1.54) is 7.05 Å². The molecule has 0 fully saturated rings. The van der Waals surface area contributed by atoms with Crippen LogP contribution in [0.3, 0.4) is 0 Å². The lowest BCUT2D eigenvalue weighted by atomic mass is 10.2. The first-order valence-electron chi connectivity index (χ1n) is 6.34. The normalized spacial score (nSPS) is 13.1. The monoisotopic (exact) mass is 294 g/mol. The van der Waals surface area contributed by atoms with Crippen molar-refractivity contribution in [2.45, 2.75) is 24.3 Å². The third kappa shape index (κ3) is 3.61. The summed E-state index contributed by atoms with van der Waals surface area (Å²) in [5, 5.41) is 3.26. The molecule has 6 heteroatoms. The number of anilines is 1. The molecule has 108 valence electrons. The highest BCUT2D eigenvalue weighted by Gasteiger charge is 2.12. The molecular formula is C14H18N2O3S.